The van der Waals surface area contributed by atoms with Crippen LogP contribution in [0.5, 0.6) is 0 Å². The second kappa shape index (κ2) is 6.67. The lowest BCUT2D eigenvalue weighted by atomic mass is 10.2. The lowest BCUT2D eigenvalue weighted by Gasteiger charge is -2.11. The quantitative estimate of drug-likeness (QED) is 0.739. The monoisotopic (exact) mass is 318 g/mol. The summed E-state index contributed by atoms with van der Waals surface area (Å²) in [6, 6.07) is 5.51. The normalized spacial score (nSPS) is 12.5. The lowest BCUT2D eigenvalue weighted by Crippen LogP contribution is -2.37. The summed E-state index contributed by atoms with van der Waals surface area (Å²) in [6.45, 7) is -0.567. The number of hydrogen-bond donors (Lipinski definition) is 2. The Labute approximate surface area is 120 Å². The van der Waals surface area contributed by atoms with Gasteiger partial charge in [-0.05, 0) is 18.2 Å². The van der Waals surface area contributed by atoms with Crippen LogP contribution < -0.4 is 4.72 Å². The van der Waals surface area contributed by atoms with Gasteiger partial charge in [-0.3, -0.25) is 0 Å². The van der Waals surface area contributed by atoms with Gasteiger partial charge in [0.2, 0.25) is 10.0 Å². The van der Waals surface area contributed by atoms with Crippen molar-refractivity contribution >= 4 is 27.6 Å². The van der Waals surface area contributed by atoms with Gasteiger partial charge in [0, 0.05) is 6.54 Å². The largest absolute Gasteiger partial charge is 0.467 e. The summed E-state index contributed by atoms with van der Waals surface area (Å²) < 4.78 is 30.2. The van der Waals surface area contributed by atoms with Gasteiger partial charge >= 0.3 is 5.97 Å². The molecule has 1 rings (SSSR count). The number of methoxy groups -OCH3 is 1. The van der Waals surface area contributed by atoms with Crippen LogP contribution in [-0.4, -0.2) is 39.3 Å². The first-order valence-electron chi connectivity index (χ1n) is 5.27. The molecule has 1 aromatic rings. The molecular weight excluding hydrogens is 308 g/mol. The van der Waals surface area contributed by atoms with Crippen LogP contribution >= 0.6 is 11.6 Å². The average Bonchev–Trinajstić information content (AvgIpc) is 2.44. The van der Waals surface area contributed by atoms with E-state index in [1.54, 1.807) is 6.07 Å². The number of nitriles is 1. The Balaban J connectivity index is 2.95. The number of nitrogens with zero attached hydrogens (tertiary/aromatic N) is 1. The fourth-order valence-electron chi connectivity index (χ4n) is 1.26. The number of hydrogen-bond acceptors (Lipinski definition) is 6. The number of sulfonamides is 1. The molecule has 1 unspecified atom stereocenters. The van der Waals surface area contributed by atoms with E-state index in [0.29, 0.717) is 0 Å². The van der Waals surface area contributed by atoms with E-state index in [2.05, 4.69) is 4.74 Å². The topological polar surface area (TPSA) is 116 Å². The van der Waals surface area contributed by atoms with E-state index in [-0.39, 0.29) is 15.5 Å². The van der Waals surface area contributed by atoms with E-state index < -0.39 is 28.6 Å². The summed E-state index contributed by atoms with van der Waals surface area (Å²) in [6.07, 6.45) is -1.63. The van der Waals surface area contributed by atoms with Gasteiger partial charge in [-0.15, -0.1) is 0 Å². The van der Waals surface area contributed by atoms with Gasteiger partial charge in [0.05, 0.1) is 23.8 Å². The van der Waals surface area contributed by atoms with Crippen LogP contribution in [0.4, 0.5) is 0 Å². The second-order valence-electron chi connectivity index (χ2n) is 3.65. The van der Waals surface area contributed by atoms with E-state index in [1.165, 1.54) is 12.1 Å². The van der Waals surface area contributed by atoms with Gasteiger partial charge in [0.15, 0.2) is 6.10 Å². The Kier molecular flexibility index (Phi) is 5.47. The predicted octanol–water partition coefficient (Wildman–Crippen LogP) is 0.0239. The number of nitrogens with one attached hydrogen (secondary N) is 1. The molecule has 0 saturated heterocycles. The van der Waals surface area contributed by atoms with Gasteiger partial charge in [0.1, 0.15) is 4.90 Å². The summed E-state index contributed by atoms with van der Waals surface area (Å²) in [7, 11) is -3.00. The standard InChI is InChI=1S/C11H11ClN2O5S/c1-19-11(16)9(15)6-14-20(17,18)10-4-7(5-13)2-3-8(10)12/h2-4,9,14-15H,6H2,1H3. The summed E-state index contributed by atoms with van der Waals surface area (Å²) in [4.78, 5) is 10.6. The SMILES string of the molecule is COC(=O)C(O)CNS(=O)(=O)c1cc(C#N)ccc1Cl. The molecule has 0 bridgehead atoms. The van der Waals surface area contributed by atoms with Crippen molar-refractivity contribution in [3.05, 3.63) is 28.8 Å². The fraction of sp³-hybridized carbons (Fsp3) is 0.273. The lowest BCUT2D eigenvalue weighted by molar-refractivity contribution is -0.149. The summed E-state index contributed by atoms with van der Waals surface area (Å²) in [5.74, 6) is -0.968. The highest BCUT2D eigenvalue weighted by molar-refractivity contribution is 7.89. The van der Waals surface area contributed by atoms with Gasteiger partial charge < -0.3 is 9.84 Å². The van der Waals surface area contributed by atoms with Crippen molar-refractivity contribution in [2.75, 3.05) is 13.7 Å². The van der Waals surface area contributed by atoms with Gasteiger partial charge in [-0.1, -0.05) is 11.6 Å². The Hall–Kier alpha value is -1.66. The number of benzene rings is 1. The molecule has 20 heavy (non-hydrogen) atoms. The number of ether oxygens (including phenoxy) is 1. The molecule has 0 aromatic heterocycles. The summed E-state index contributed by atoms with van der Waals surface area (Å²) in [5.41, 5.74) is 0.114. The number of carbonyl (C=O) groups excluding carboxylic acids is 1. The van der Waals surface area contributed by atoms with E-state index in [9.17, 15) is 18.3 Å². The van der Waals surface area contributed by atoms with Crippen LogP contribution in [0.1, 0.15) is 5.56 Å². The molecule has 0 aliphatic carbocycles. The molecule has 0 radical (unpaired) electrons. The molecule has 0 aliphatic heterocycles. The van der Waals surface area contributed by atoms with E-state index in [1.807, 2.05) is 4.72 Å². The number of aliphatic hydroxyl groups is 1. The molecule has 9 heteroatoms. The molecule has 7 nitrogen and oxygen atoms in total. The number of rotatable bonds is 5. The maximum Gasteiger partial charge on any atom is 0.336 e. The van der Waals surface area contributed by atoms with Crippen molar-refractivity contribution in [2.24, 2.45) is 0 Å². The first-order chi connectivity index (χ1) is 9.31. The summed E-state index contributed by atoms with van der Waals surface area (Å²) >= 11 is 5.76. The van der Waals surface area contributed by atoms with E-state index in [4.69, 9.17) is 16.9 Å². The molecule has 0 heterocycles. The molecule has 108 valence electrons. The molecule has 0 aliphatic rings. The summed E-state index contributed by atoms with van der Waals surface area (Å²) in [5, 5.41) is 18.0. The highest BCUT2D eigenvalue weighted by Gasteiger charge is 2.22. The molecule has 1 aromatic carbocycles. The predicted molar refractivity (Wildman–Crippen MR) is 69.4 cm³/mol. The minimum absolute atomic E-state index is 0.0796. The maximum absolute atomic E-state index is 12.0. The Morgan fingerprint density at radius 3 is 2.80 bits per heavy atom. The van der Waals surface area contributed by atoms with Crippen LogP contribution in [0, 0.1) is 11.3 Å². The smallest absolute Gasteiger partial charge is 0.336 e. The zero-order valence-corrected chi connectivity index (χ0v) is 11.9. The zero-order chi connectivity index (χ0) is 15.3. The third-order valence-electron chi connectivity index (χ3n) is 2.29. The van der Waals surface area contributed by atoms with Gasteiger partial charge in [0.25, 0.3) is 0 Å². The third kappa shape index (κ3) is 3.91. The fourth-order valence-corrected chi connectivity index (χ4v) is 2.83. The molecular formula is C11H11ClN2O5S. The van der Waals surface area contributed by atoms with Crippen molar-refractivity contribution in [3.63, 3.8) is 0 Å². The number of carbonyl (C=O) groups is 1. The average molecular weight is 319 g/mol. The zero-order valence-electron chi connectivity index (χ0n) is 10.3. The van der Waals surface area contributed by atoms with Crippen LogP contribution in [0.15, 0.2) is 23.1 Å². The highest BCUT2D eigenvalue weighted by atomic mass is 35.5. The number of halogens is 1. The molecule has 1 atom stereocenters. The first kappa shape index (κ1) is 16.4. The third-order valence-corrected chi connectivity index (χ3v) is 4.19. The minimum Gasteiger partial charge on any atom is -0.467 e. The van der Waals surface area contributed by atoms with Crippen LogP contribution in [-0.2, 0) is 19.6 Å². The van der Waals surface area contributed by atoms with Gasteiger partial charge in [-0.25, -0.2) is 17.9 Å². The number of aliphatic hydroxyl groups excluding tert-OH is 1. The van der Waals surface area contributed by atoms with E-state index >= 15 is 0 Å². The van der Waals surface area contributed by atoms with Crippen molar-refractivity contribution in [2.45, 2.75) is 11.0 Å². The molecule has 0 amide bonds. The highest BCUT2D eigenvalue weighted by Crippen LogP contribution is 2.22. The first-order valence-corrected chi connectivity index (χ1v) is 7.13. The van der Waals surface area contributed by atoms with Crippen LogP contribution in [0.3, 0.4) is 0 Å². The Bertz CT molecular complexity index is 653. The molecule has 0 spiro atoms. The number of esters is 1. The van der Waals surface area contributed by atoms with Crippen LogP contribution in [0.2, 0.25) is 5.02 Å². The van der Waals surface area contributed by atoms with Crippen molar-refractivity contribution in [1.82, 2.24) is 4.72 Å². The second-order valence-corrected chi connectivity index (χ2v) is 5.79. The van der Waals surface area contributed by atoms with Crippen molar-refractivity contribution in [3.8, 4) is 6.07 Å². The van der Waals surface area contributed by atoms with Gasteiger partial charge in [-0.2, -0.15) is 5.26 Å². The van der Waals surface area contributed by atoms with Crippen molar-refractivity contribution < 1.29 is 23.1 Å². The molecule has 0 saturated carbocycles. The minimum atomic E-state index is -4.06. The van der Waals surface area contributed by atoms with Crippen molar-refractivity contribution in [1.29, 1.82) is 5.26 Å². The molecule has 2 N–H and O–H groups in total. The van der Waals surface area contributed by atoms with Crippen LogP contribution in [0.25, 0.3) is 0 Å². The Morgan fingerprint density at radius 2 is 2.25 bits per heavy atom. The maximum atomic E-state index is 12.0. The Morgan fingerprint density at radius 1 is 1.60 bits per heavy atom. The van der Waals surface area contributed by atoms with E-state index in [0.717, 1.165) is 13.2 Å². The molecule has 0 fully saturated rings.